The molecule has 0 bridgehead atoms. The highest BCUT2D eigenvalue weighted by Gasteiger charge is 2.19. The zero-order valence-electron chi connectivity index (χ0n) is 25.4. The average molecular weight is 623 g/mol. The molecule has 0 aliphatic carbocycles. The van der Waals surface area contributed by atoms with Gasteiger partial charge in [-0.3, -0.25) is 0 Å². The van der Waals surface area contributed by atoms with Crippen molar-refractivity contribution in [3.8, 4) is 17.1 Å². The Morgan fingerprint density at radius 1 is 0.690 bits per heavy atom. The van der Waals surface area contributed by atoms with Crippen LogP contribution < -0.4 is 10.2 Å². The Balaban J connectivity index is 1.49. The Bertz CT molecular complexity index is 1610. The molecule has 4 aromatic carbocycles. The number of hydrogen-bond donors (Lipinski definition) is 0. The summed E-state index contributed by atoms with van der Waals surface area (Å²) in [6.07, 6.45) is 15.2. The van der Waals surface area contributed by atoms with Gasteiger partial charge in [-0.25, -0.2) is 4.98 Å². The summed E-state index contributed by atoms with van der Waals surface area (Å²) >= 11 is 3.69. The fourth-order valence-corrected chi connectivity index (χ4v) is 6.47. The molecule has 5 aromatic rings. The predicted octanol–water partition coefficient (Wildman–Crippen LogP) is 10.7. The summed E-state index contributed by atoms with van der Waals surface area (Å²) in [5.74, 6) is 1.96. The second-order valence-corrected chi connectivity index (χ2v) is 12.6. The lowest BCUT2D eigenvalue weighted by Gasteiger charge is -2.13. The van der Waals surface area contributed by atoms with Crippen molar-refractivity contribution in [2.24, 2.45) is 0 Å². The maximum absolute atomic E-state index is 6.31. The number of nitrogens with zero attached hydrogens (tertiary/aromatic N) is 2. The number of rotatable bonds is 16. The first-order chi connectivity index (χ1) is 20.6. The third-order valence-corrected chi connectivity index (χ3v) is 8.90. The fraction of sp³-hybridized carbons (Fsp3) is 0.432. The molecular weight excluding hydrogens is 579 g/mol. The van der Waals surface area contributed by atoms with Crippen molar-refractivity contribution in [1.29, 1.82) is 0 Å². The van der Waals surface area contributed by atoms with Crippen molar-refractivity contribution in [1.82, 2.24) is 9.55 Å². The molecule has 0 N–H and O–H groups in total. The molecule has 3 nitrogen and oxygen atoms in total. The van der Waals surface area contributed by atoms with E-state index in [1.165, 1.54) is 85.9 Å². The molecule has 0 fully saturated rings. The van der Waals surface area contributed by atoms with Crippen LogP contribution in [0.2, 0.25) is 0 Å². The lowest BCUT2D eigenvalue weighted by molar-refractivity contribution is 0.304. The van der Waals surface area contributed by atoms with Crippen LogP contribution in [0.15, 0.2) is 65.1 Å². The minimum atomic E-state index is 0.776. The Morgan fingerprint density at radius 2 is 1.33 bits per heavy atom. The molecule has 1 aromatic heterocycles. The van der Waals surface area contributed by atoms with Crippen LogP contribution in [-0.4, -0.2) is 24.0 Å². The van der Waals surface area contributed by atoms with Crippen molar-refractivity contribution in [3.63, 3.8) is 0 Å². The van der Waals surface area contributed by atoms with Crippen molar-refractivity contribution in [3.05, 3.63) is 65.1 Å². The Labute approximate surface area is 261 Å². The van der Waals surface area contributed by atoms with Crippen molar-refractivity contribution >= 4 is 61.8 Å². The molecule has 218 valence electrons. The van der Waals surface area contributed by atoms with Gasteiger partial charge in [0.05, 0.1) is 17.6 Å². The molecule has 5 heteroatoms. The average Bonchev–Trinajstić information content (AvgIpc) is 3.38. The zero-order chi connectivity index (χ0) is 29.3. The molecule has 0 atom stereocenters. The van der Waals surface area contributed by atoms with Crippen LogP contribution in [0.4, 0.5) is 0 Å². The van der Waals surface area contributed by atoms with Gasteiger partial charge in [0.1, 0.15) is 19.4 Å². The number of fused-ring (bicyclic) bond motifs is 6. The summed E-state index contributed by atoms with van der Waals surface area (Å²) in [7, 11) is 6.31. The number of halogens is 1. The molecule has 42 heavy (non-hydrogen) atoms. The van der Waals surface area contributed by atoms with E-state index >= 15 is 0 Å². The number of unbranched alkanes of at least 4 members (excludes halogenated alkanes) is 10. The molecule has 0 unspecified atom stereocenters. The quantitative estimate of drug-likeness (QED) is 0.0621. The maximum Gasteiger partial charge on any atom is 0.141 e. The molecule has 5 rings (SSSR count). The smallest absolute Gasteiger partial charge is 0.141 e. The molecule has 0 saturated carbocycles. The van der Waals surface area contributed by atoms with E-state index in [1.54, 1.807) is 0 Å². The third-order valence-electron chi connectivity index (χ3n) is 8.41. The number of benzene rings is 4. The van der Waals surface area contributed by atoms with Crippen LogP contribution in [-0.2, 0) is 6.54 Å². The summed E-state index contributed by atoms with van der Waals surface area (Å²) in [5, 5.41) is 4.71. The number of aryl methyl sites for hydroxylation is 1. The number of aromatic nitrogens is 2. The number of imidazole rings is 1. The number of hydrogen-bond acceptors (Lipinski definition) is 2. The van der Waals surface area contributed by atoms with E-state index < -0.39 is 0 Å². The predicted molar refractivity (Wildman–Crippen MR) is 186 cm³/mol. The van der Waals surface area contributed by atoms with Crippen LogP contribution >= 0.6 is 15.9 Å². The van der Waals surface area contributed by atoms with Crippen LogP contribution in [0.1, 0.15) is 90.9 Å². The van der Waals surface area contributed by atoms with E-state index in [4.69, 9.17) is 17.6 Å². The third kappa shape index (κ3) is 7.22. The lowest BCUT2D eigenvalue weighted by atomic mass is 9.91. The van der Waals surface area contributed by atoms with Crippen molar-refractivity contribution in [2.75, 3.05) is 6.61 Å². The minimum Gasteiger partial charge on any atom is -0.494 e. The van der Waals surface area contributed by atoms with E-state index in [-0.39, 0.29) is 0 Å². The Hall–Kier alpha value is -2.79. The molecule has 0 aliphatic rings. The Morgan fingerprint density at radius 3 is 2.07 bits per heavy atom. The fourth-order valence-electron chi connectivity index (χ4n) is 6.11. The second kappa shape index (κ2) is 15.1. The highest BCUT2D eigenvalue weighted by atomic mass is 79.9. The normalized spacial score (nSPS) is 11.7. The molecule has 1 heterocycles. The van der Waals surface area contributed by atoms with Gasteiger partial charge in [-0.2, -0.15) is 0 Å². The highest BCUT2D eigenvalue weighted by Crippen LogP contribution is 2.38. The van der Waals surface area contributed by atoms with Crippen molar-refractivity contribution < 1.29 is 4.74 Å². The maximum atomic E-state index is 6.31. The monoisotopic (exact) mass is 622 g/mol. The topological polar surface area (TPSA) is 27.1 Å². The van der Waals surface area contributed by atoms with Gasteiger partial charge in [0.2, 0.25) is 0 Å². The van der Waals surface area contributed by atoms with E-state index in [9.17, 15) is 0 Å². The largest absolute Gasteiger partial charge is 0.494 e. The standard InChI is InChI=1S/C37H44BBrN2O/c1-3-5-7-9-11-13-23-41-36-32-21-17-28(38)25-33(32)34-26-29(39)18-22-31(34)35(36)40-37(41)27-15-19-30(20-16-27)42-24-14-12-10-8-6-4-2/h15-22,25-26H,3-14,23-24H2,1-2H3. The van der Waals surface area contributed by atoms with Gasteiger partial charge in [-0.1, -0.05) is 124 Å². The molecular formula is C37H44BBrN2O. The van der Waals surface area contributed by atoms with Crippen molar-refractivity contribution in [2.45, 2.75) is 97.4 Å². The molecule has 0 saturated heterocycles. The van der Waals surface area contributed by atoms with Crippen LogP contribution in [0, 0.1) is 0 Å². The zero-order valence-corrected chi connectivity index (χ0v) is 27.0. The van der Waals surface area contributed by atoms with Gasteiger partial charge in [-0.15, -0.1) is 0 Å². The summed E-state index contributed by atoms with van der Waals surface area (Å²) in [6.45, 7) is 6.25. The van der Waals surface area contributed by atoms with E-state index in [0.29, 0.717) is 0 Å². The van der Waals surface area contributed by atoms with Gasteiger partial charge >= 0.3 is 0 Å². The molecule has 0 spiro atoms. The SMILES string of the molecule is [B]c1ccc2c(c1)c1cc(Br)ccc1c1nc(-c3ccc(OCCCCCCCC)cc3)n(CCCCCCCC)c21. The van der Waals surface area contributed by atoms with Gasteiger partial charge in [0.25, 0.3) is 0 Å². The van der Waals surface area contributed by atoms with Gasteiger partial charge in [0, 0.05) is 27.4 Å². The van der Waals surface area contributed by atoms with Crippen LogP contribution in [0.5, 0.6) is 5.75 Å². The van der Waals surface area contributed by atoms with Gasteiger partial charge in [-0.05, 0) is 60.0 Å². The highest BCUT2D eigenvalue weighted by molar-refractivity contribution is 9.10. The van der Waals surface area contributed by atoms with Crippen LogP contribution in [0.3, 0.4) is 0 Å². The first-order valence-corrected chi connectivity index (χ1v) is 16.9. The molecule has 0 aliphatic heterocycles. The van der Waals surface area contributed by atoms with Crippen LogP contribution in [0.25, 0.3) is 44.0 Å². The first-order valence-electron chi connectivity index (χ1n) is 16.1. The lowest BCUT2D eigenvalue weighted by Crippen LogP contribution is -2.04. The van der Waals surface area contributed by atoms with E-state index in [1.807, 2.05) is 6.07 Å². The van der Waals surface area contributed by atoms with E-state index in [2.05, 4.69) is 88.9 Å². The van der Waals surface area contributed by atoms with E-state index in [0.717, 1.165) is 64.0 Å². The summed E-state index contributed by atoms with van der Waals surface area (Å²) in [4.78, 5) is 5.36. The summed E-state index contributed by atoms with van der Waals surface area (Å²) in [5.41, 5.74) is 4.16. The minimum absolute atomic E-state index is 0.776. The second-order valence-electron chi connectivity index (χ2n) is 11.7. The number of ether oxygens (including phenoxy) is 1. The van der Waals surface area contributed by atoms with Gasteiger partial charge in [0.15, 0.2) is 0 Å². The van der Waals surface area contributed by atoms with Gasteiger partial charge < -0.3 is 9.30 Å². The molecule has 0 amide bonds. The summed E-state index contributed by atoms with van der Waals surface area (Å²) < 4.78 is 9.61. The Kier molecular flexibility index (Phi) is 11.0. The summed E-state index contributed by atoms with van der Waals surface area (Å²) in [6, 6.07) is 21.4. The first kappa shape index (κ1) is 30.7. The molecule has 2 radical (unpaired) electrons.